The van der Waals surface area contributed by atoms with E-state index < -0.39 is 5.60 Å². The first kappa shape index (κ1) is 10.4. The molecule has 1 aliphatic carbocycles. The maximum atomic E-state index is 10.7. The molecule has 1 heteroatoms. The lowest BCUT2D eigenvalue weighted by molar-refractivity contribution is 0.0695. The van der Waals surface area contributed by atoms with E-state index in [0.29, 0.717) is 0 Å². The van der Waals surface area contributed by atoms with E-state index in [1.807, 2.05) is 25.1 Å². The fourth-order valence-electron chi connectivity index (χ4n) is 2.57. The van der Waals surface area contributed by atoms with E-state index in [-0.39, 0.29) is 0 Å². The van der Waals surface area contributed by atoms with Gasteiger partial charge < -0.3 is 5.11 Å². The van der Waals surface area contributed by atoms with Crippen LogP contribution in [0.2, 0.25) is 0 Å². The van der Waals surface area contributed by atoms with Gasteiger partial charge >= 0.3 is 0 Å². The number of aliphatic hydroxyl groups is 1. The smallest absolute Gasteiger partial charge is 0.111 e. The molecule has 0 bridgehead atoms. The van der Waals surface area contributed by atoms with Crippen molar-refractivity contribution in [2.45, 2.75) is 39.2 Å². The second kappa shape index (κ2) is 3.49. The first-order valence-corrected chi connectivity index (χ1v) is 5.61. The van der Waals surface area contributed by atoms with E-state index in [0.717, 1.165) is 24.0 Å². The summed E-state index contributed by atoms with van der Waals surface area (Å²) in [7, 11) is 0. The fraction of sp³-hybridized carbons (Fsp3) is 0.429. The van der Waals surface area contributed by atoms with Gasteiger partial charge in [-0.15, -0.1) is 0 Å². The molecular formula is C14H18O. The average molecular weight is 202 g/mol. The Labute approximate surface area is 91.4 Å². The maximum absolute atomic E-state index is 10.7. The van der Waals surface area contributed by atoms with Gasteiger partial charge in [-0.05, 0) is 42.5 Å². The van der Waals surface area contributed by atoms with Crippen LogP contribution in [0.3, 0.4) is 0 Å². The van der Waals surface area contributed by atoms with Crippen molar-refractivity contribution in [3.63, 3.8) is 0 Å². The second-order valence-corrected chi connectivity index (χ2v) is 4.41. The molecule has 0 amide bonds. The summed E-state index contributed by atoms with van der Waals surface area (Å²) in [5.41, 5.74) is 3.94. The Hall–Kier alpha value is -1.08. The van der Waals surface area contributed by atoms with Crippen molar-refractivity contribution >= 4 is 5.57 Å². The van der Waals surface area contributed by atoms with Crippen molar-refractivity contribution in [3.8, 4) is 0 Å². The molecule has 15 heavy (non-hydrogen) atoms. The molecule has 2 rings (SSSR count). The highest BCUT2D eigenvalue weighted by Crippen LogP contribution is 2.46. The van der Waals surface area contributed by atoms with Crippen LogP contribution < -0.4 is 0 Å². The zero-order valence-electron chi connectivity index (χ0n) is 9.67. The number of fused-ring (bicyclic) bond motifs is 1. The Morgan fingerprint density at radius 3 is 2.53 bits per heavy atom. The van der Waals surface area contributed by atoms with E-state index in [1.54, 1.807) is 0 Å². The summed E-state index contributed by atoms with van der Waals surface area (Å²) >= 11 is 0. The van der Waals surface area contributed by atoms with Crippen LogP contribution in [0.15, 0.2) is 29.8 Å². The van der Waals surface area contributed by atoms with Crippen molar-refractivity contribution < 1.29 is 5.11 Å². The van der Waals surface area contributed by atoms with Gasteiger partial charge in [-0.1, -0.05) is 37.6 Å². The summed E-state index contributed by atoms with van der Waals surface area (Å²) < 4.78 is 0. The maximum Gasteiger partial charge on any atom is 0.111 e. The van der Waals surface area contributed by atoms with Gasteiger partial charge in [-0.25, -0.2) is 0 Å². The highest BCUT2D eigenvalue weighted by molar-refractivity contribution is 5.77. The minimum Gasteiger partial charge on any atom is -0.381 e. The molecule has 0 aromatic heterocycles. The van der Waals surface area contributed by atoms with E-state index in [2.05, 4.69) is 19.9 Å². The first-order chi connectivity index (χ1) is 7.11. The first-order valence-electron chi connectivity index (χ1n) is 5.61. The van der Waals surface area contributed by atoms with Crippen LogP contribution in [0.25, 0.3) is 5.57 Å². The van der Waals surface area contributed by atoms with Crippen molar-refractivity contribution in [1.29, 1.82) is 0 Å². The van der Waals surface area contributed by atoms with Crippen LogP contribution >= 0.6 is 0 Å². The number of hydrogen-bond acceptors (Lipinski definition) is 1. The summed E-state index contributed by atoms with van der Waals surface area (Å²) in [5, 5.41) is 10.7. The third-order valence-corrected chi connectivity index (χ3v) is 3.57. The molecule has 1 aliphatic rings. The van der Waals surface area contributed by atoms with E-state index in [4.69, 9.17) is 0 Å². The fourth-order valence-corrected chi connectivity index (χ4v) is 2.57. The highest BCUT2D eigenvalue weighted by atomic mass is 16.3. The summed E-state index contributed by atoms with van der Waals surface area (Å²) in [6, 6.07) is 8.19. The predicted octanol–water partition coefficient (Wildman–Crippen LogP) is 3.48. The van der Waals surface area contributed by atoms with Crippen LogP contribution in [0, 0.1) is 0 Å². The van der Waals surface area contributed by atoms with Gasteiger partial charge in [-0.3, -0.25) is 0 Å². The quantitative estimate of drug-likeness (QED) is 0.778. The lowest BCUT2D eigenvalue weighted by atomic mass is 9.87. The summed E-state index contributed by atoms with van der Waals surface area (Å²) in [6.45, 7) is 6.26. The molecule has 1 aromatic carbocycles. The molecule has 0 radical (unpaired) electrons. The van der Waals surface area contributed by atoms with Gasteiger partial charge in [0.05, 0.1) is 0 Å². The van der Waals surface area contributed by atoms with Gasteiger partial charge in [0.1, 0.15) is 5.60 Å². The number of rotatable bonds is 2. The van der Waals surface area contributed by atoms with Crippen molar-refractivity contribution in [2.24, 2.45) is 0 Å². The average Bonchev–Trinajstić information content (AvgIpc) is 2.43. The molecule has 1 aromatic rings. The molecule has 1 N–H and O–H groups in total. The molecule has 0 heterocycles. The number of benzene rings is 1. The van der Waals surface area contributed by atoms with Crippen LogP contribution in [0.5, 0.6) is 0 Å². The lowest BCUT2D eigenvalue weighted by Gasteiger charge is -2.26. The zero-order chi connectivity index (χ0) is 11.1. The van der Waals surface area contributed by atoms with Crippen molar-refractivity contribution in [3.05, 3.63) is 41.0 Å². The van der Waals surface area contributed by atoms with E-state index in [9.17, 15) is 5.11 Å². The van der Waals surface area contributed by atoms with Gasteiger partial charge in [0.15, 0.2) is 0 Å². The topological polar surface area (TPSA) is 20.2 Å². The molecule has 1 unspecified atom stereocenters. The van der Waals surface area contributed by atoms with Gasteiger partial charge in [0.25, 0.3) is 0 Å². The molecule has 80 valence electrons. The predicted molar refractivity (Wildman–Crippen MR) is 63.5 cm³/mol. The van der Waals surface area contributed by atoms with Crippen LogP contribution in [0.1, 0.15) is 44.7 Å². The van der Waals surface area contributed by atoms with Gasteiger partial charge in [0.2, 0.25) is 0 Å². The Bertz CT molecular complexity index is 417. The largest absolute Gasteiger partial charge is 0.381 e. The standard InChI is InChI=1S/C14H18O/c1-4-9-14(15)11(3)10(2)12-7-5-6-8-13(12)14/h5-8,15H,4,9H2,1-3H3. The highest BCUT2D eigenvalue weighted by Gasteiger charge is 2.38. The Morgan fingerprint density at radius 1 is 1.20 bits per heavy atom. The molecule has 1 nitrogen and oxygen atoms in total. The Morgan fingerprint density at radius 2 is 1.87 bits per heavy atom. The van der Waals surface area contributed by atoms with Crippen LogP contribution in [-0.4, -0.2) is 5.11 Å². The normalized spacial score (nSPS) is 24.5. The summed E-state index contributed by atoms with van der Waals surface area (Å²) in [5.74, 6) is 0. The van der Waals surface area contributed by atoms with E-state index >= 15 is 0 Å². The Kier molecular flexibility index (Phi) is 2.43. The van der Waals surface area contributed by atoms with Crippen molar-refractivity contribution in [2.75, 3.05) is 0 Å². The summed E-state index contributed by atoms with van der Waals surface area (Å²) in [6.07, 6.45) is 1.81. The molecule has 0 saturated heterocycles. The van der Waals surface area contributed by atoms with Crippen LogP contribution in [-0.2, 0) is 5.60 Å². The lowest BCUT2D eigenvalue weighted by Crippen LogP contribution is -2.24. The molecule has 0 saturated carbocycles. The van der Waals surface area contributed by atoms with Gasteiger partial charge in [0, 0.05) is 0 Å². The molecule has 1 atom stereocenters. The molecule has 0 spiro atoms. The third-order valence-electron chi connectivity index (χ3n) is 3.57. The molecular weight excluding hydrogens is 184 g/mol. The zero-order valence-corrected chi connectivity index (χ0v) is 9.67. The van der Waals surface area contributed by atoms with E-state index in [1.165, 1.54) is 11.1 Å². The Balaban J connectivity index is 2.60. The van der Waals surface area contributed by atoms with Gasteiger partial charge in [-0.2, -0.15) is 0 Å². The molecule has 0 fully saturated rings. The number of allylic oxidation sites excluding steroid dienone is 1. The monoisotopic (exact) mass is 202 g/mol. The van der Waals surface area contributed by atoms with Crippen molar-refractivity contribution in [1.82, 2.24) is 0 Å². The number of hydrogen-bond donors (Lipinski definition) is 1. The third kappa shape index (κ3) is 1.34. The SMILES string of the molecule is CCCC1(O)C(C)=C(C)c2ccccc21. The second-order valence-electron chi connectivity index (χ2n) is 4.41. The van der Waals surface area contributed by atoms with Crippen LogP contribution in [0.4, 0.5) is 0 Å². The summed E-state index contributed by atoms with van der Waals surface area (Å²) in [4.78, 5) is 0. The molecule has 0 aliphatic heterocycles. The minimum atomic E-state index is -0.713. The minimum absolute atomic E-state index is 0.713.